The lowest BCUT2D eigenvalue weighted by molar-refractivity contribution is -0.118. The number of benzene rings is 1. The van der Waals surface area contributed by atoms with Gasteiger partial charge in [0.05, 0.1) is 10.8 Å². The first kappa shape index (κ1) is 20.1. The molecular weight excluding hydrogens is 379 g/mol. The molecule has 0 bridgehead atoms. The third kappa shape index (κ3) is 5.62. The van der Waals surface area contributed by atoms with Gasteiger partial charge in [0.15, 0.2) is 11.0 Å². The molecule has 5 nitrogen and oxygen atoms in total. The fraction of sp³-hybridized carbons (Fsp3) is 0.471. The molecule has 0 aliphatic carbocycles. The van der Waals surface area contributed by atoms with Crippen molar-refractivity contribution in [2.24, 2.45) is 5.92 Å². The van der Waals surface area contributed by atoms with Crippen LogP contribution in [0.2, 0.25) is 10.0 Å². The standard InChI is InChI=1S/C17H22Cl2N4OS/c1-4-7-20-15(24)10-25-17-22-21-16(23(17)9-11(2)3)13-6-5-12(18)8-14(13)19/h5-6,8,11H,4,7,9-10H2,1-3H3,(H,20,24). The van der Waals surface area contributed by atoms with Crippen molar-refractivity contribution in [3.63, 3.8) is 0 Å². The smallest absolute Gasteiger partial charge is 0.230 e. The van der Waals surface area contributed by atoms with Gasteiger partial charge in [0.1, 0.15) is 0 Å². The summed E-state index contributed by atoms with van der Waals surface area (Å²) in [5.41, 5.74) is 0.779. The minimum atomic E-state index is -0.00276. The molecule has 0 unspecified atom stereocenters. The molecular formula is C17H22Cl2N4OS. The van der Waals surface area contributed by atoms with E-state index in [1.165, 1.54) is 11.8 Å². The van der Waals surface area contributed by atoms with Gasteiger partial charge in [-0.2, -0.15) is 0 Å². The number of thioether (sulfide) groups is 1. The highest BCUT2D eigenvalue weighted by atomic mass is 35.5. The van der Waals surface area contributed by atoms with Crippen LogP contribution < -0.4 is 5.32 Å². The summed E-state index contributed by atoms with van der Waals surface area (Å²) in [6.07, 6.45) is 0.916. The van der Waals surface area contributed by atoms with Crippen LogP contribution in [-0.4, -0.2) is 33.0 Å². The van der Waals surface area contributed by atoms with Gasteiger partial charge in [-0.15, -0.1) is 10.2 Å². The fourth-order valence-corrected chi connectivity index (χ4v) is 3.51. The van der Waals surface area contributed by atoms with Crippen LogP contribution in [0.4, 0.5) is 0 Å². The zero-order valence-corrected chi connectivity index (χ0v) is 16.9. The number of nitrogens with one attached hydrogen (secondary N) is 1. The van der Waals surface area contributed by atoms with Crippen LogP contribution >= 0.6 is 35.0 Å². The predicted molar refractivity (Wildman–Crippen MR) is 104 cm³/mol. The number of aromatic nitrogens is 3. The minimum absolute atomic E-state index is 0.00276. The van der Waals surface area contributed by atoms with Gasteiger partial charge in [0, 0.05) is 23.7 Å². The van der Waals surface area contributed by atoms with E-state index in [9.17, 15) is 4.79 Å². The Balaban J connectivity index is 2.26. The largest absolute Gasteiger partial charge is 0.355 e. The summed E-state index contributed by atoms with van der Waals surface area (Å²) in [6.45, 7) is 7.68. The summed E-state index contributed by atoms with van der Waals surface area (Å²) in [5.74, 6) is 1.39. The summed E-state index contributed by atoms with van der Waals surface area (Å²) in [7, 11) is 0. The molecule has 2 rings (SSSR count). The number of halogens is 2. The molecule has 0 saturated heterocycles. The van der Waals surface area contributed by atoms with Gasteiger partial charge in [0.25, 0.3) is 0 Å². The van der Waals surface area contributed by atoms with Gasteiger partial charge >= 0.3 is 0 Å². The number of hydrogen-bond acceptors (Lipinski definition) is 4. The zero-order valence-electron chi connectivity index (χ0n) is 14.6. The molecule has 1 aromatic heterocycles. The lowest BCUT2D eigenvalue weighted by Crippen LogP contribution is -2.25. The highest BCUT2D eigenvalue weighted by Gasteiger charge is 2.18. The predicted octanol–water partition coefficient (Wildman–Crippen LogP) is 4.53. The summed E-state index contributed by atoms with van der Waals surface area (Å²) >= 11 is 13.7. The highest BCUT2D eigenvalue weighted by molar-refractivity contribution is 7.99. The van der Waals surface area contributed by atoms with Crippen LogP contribution in [0.1, 0.15) is 27.2 Å². The Hall–Kier alpha value is -1.24. The van der Waals surface area contributed by atoms with E-state index in [0.29, 0.717) is 39.2 Å². The van der Waals surface area contributed by atoms with Gasteiger partial charge in [-0.1, -0.05) is 55.7 Å². The van der Waals surface area contributed by atoms with Crippen molar-refractivity contribution in [3.05, 3.63) is 28.2 Å². The fourth-order valence-electron chi connectivity index (χ4n) is 2.24. The Morgan fingerprint density at radius 2 is 2.08 bits per heavy atom. The maximum absolute atomic E-state index is 11.9. The highest BCUT2D eigenvalue weighted by Crippen LogP contribution is 2.31. The number of nitrogens with zero attached hydrogens (tertiary/aromatic N) is 3. The molecule has 0 fully saturated rings. The molecule has 1 amide bonds. The molecule has 0 saturated carbocycles. The van der Waals surface area contributed by atoms with Crippen LogP contribution in [0, 0.1) is 5.92 Å². The molecule has 25 heavy (non-hydrogen) atoms. The molecule has 0 radical (unpaired) electrons. The molecule has 0 atom stereocenters. The van der Waals surface area contributed by atoms with Crippen LogP contribution in [0.5, 0.6) is 0 Å². The second-order valence-corrected chi connectivity index (χ2v) is 7.86. The average molecular weight is 401 g/mol. The normalized spacial score (nSPS) is 11.1. The van der Waals surface area contributed by atoms with E-state index in [1.807, 2.05) is 17.6 Å². The number of carbonyl (C=O) groups is 1. The maximum atomic E-state index is 11.9. The molecule has 2 aromatic rings. The Bertz CT molecular complexity index is 733. The first-order valence-corrected chi connectivity index (χ1v) is 9.94. The molecule has 8 heteroatoms. The molecule has 0 aliphatic rings. The summed E-state index contributed by atoms with van der Waals surface area (Å²) in [4.78, 5) is 11.9. The number of hydrogen-bond donors (Lipinski definition) is 1. The summed E-state index contributed by atoms with van der Waals surface area (Å²) < 4.78 is 2.01. The lowest BCUT2D eigenvalue weighted by atomic mass is 10.2. The second kappa shape index (κ2) is 9.46. The number of rotatable bonds is 8. The molecule has 1 aromatic carbocycles. The van der Waals surface area contributed by atoms with E-state index in [-0.39, 0.29) is 5.91 Å². The third-order valence-electron chi connectivity index (χ3n) is 3.34. The number of amides is 1. The van der Waals surface area contributed by atoms with Crippen LogP contribution in [0.25, 0.3) is 11.4 Å². The van der Waals surface area contributed by atoms with E-state index in [1.54, 1.807) is 12.1 Å². The van der Waals surface area contributed by atoms with Crippen LogP contribution in [0.15, 0.2) is 23.4 Å². The summed E-state index contributed by atoms with van der Waals surface area (Å²) in [6, 6.07) is 5.31. The molecule has 0 aliphatic heterocycles. The quantitative estimate of drug-likeness (QED) is 0.661. The van der Waals surface area contributed by atoms with E-state index < -0.39 is 0 Å². The van der Waals surface area contributed by atoms with Crippen molar-refractivity contribution >= 4 is 40.9 Å². The first-order valence-electron chi connectivity index (χ1n) is 8.20. The van der Waals surface area contributed by atoms with Gasteiger partial charge in [-0.05, 0) is 30.5 Å². The zero-order chi connectivity index (χ0) is 18.4. The lowest BCUT2D eigenvalue weighted by Gasteiger charge is -2.13. The minimum Gasteiger partial charge on any atom is -0.355 e. The Kier molecular flexibility index (Phi) is 7.59. The van der Waals surface area contributed by atoms with Crippen molar-refractivity contribution < 1.29 is 4.79 Å². The maximum Gasteiger partial charge on any atom is 0.230 e. The van der Waals surface area contributed by atoms with Gasteiger partial charge in [-0.25, -0.2) is 0 Å². The average Bonchev–Trinajstić information content (AvgIpc) is 2.93. The topological polar surface area (TPSA) is 59.8 Å². The van der Waals surface area contributed by atoms with E-state index in [0.717, 1.165) is 18.5 Å². The Morgan fingerprint density at radius 1 is 1.32 bits per heavy atom. The summed E-state index contributed by atoms with van der Waals surface area (Å²) in [5, 5.41) is 13.2. The van der Waals surface area contributed by atoms with Gasteiger partial charge in [-0.3, -0.25) is 4.79 Å². The monoisotopic (exact) mass is 400 g/mol. The van der Waals surface area contributed by atoms with E-state index in [4.69, 9.17) is 23.2 Å². The van der Waals surface area contributed by atoms with Crippen LogP contribution in [-0.2, 0) is 11.3 Å². The third-order valence-corrected chi connectivity index (χ3v) is 4.86. The van der Waals surface area contributed by atoms with E-state index in [2.05, 4.69) is 29.4 Å². The van der Waals surface area contributed by atoms with Crippen molar-refractivity contribution in [1.29, 1.82) is 0 Å². The SMILES string of the molecule is CCCNC(=O)CSc1nnc(-c2ccc(Cl)cc2Cl)n1CC(C)C. The van der Waals surface area contributed by atoms with Crippen LogP contribution in [0.3, 0.4) is 0 Å². The molecule has 1 heterocycles. The van der Waals surface area contributed by atoms with Crippen molar-refractivity contribution in [2.45, 2.75) is 38.9 Å². The van der Waals surface area contributed by atoms with Crippen molar-refractivity contribution in [1.82, 2.24) is 20.1 Å². The van der Waals surface area contributed by atoms with Crippen molar-refractivity contribution in [3.8, 4) is 11.4 Å². The molecule has 0 spiro atoms. The first-order chi connectivity index (χ1) is 11.9. The van der Waals surface area contributed by atoms with Gasteiger partial charge in [0.2, 0.25) is 5.91 Å². The number of carbonyl (C=O) groups excluding carboxylic acids is 1. The van der Waals surface area contributed by atoms with Gasteiger partial charge < -0.3 is 9.88 Å². The Morgan fingerprint density at radius 3 is 2.72 bits per heavy atom. The van der Waals surface area contributed by atoms with Crippen molar-refractivity contribution in [2.75, 3.05) is 12.3 Å². The second-order valence-electron chi connectivity index (χ2n) is 6.07. The Labute approximate surface area is 162 Å². The molecule has 136 valence electrons. The van der Waals surface area contributed by atoms with E-state index >= 15 is 0 Å². The molecule has 1 N–H and O–H groups in total.